The summed E-state index contributed by atoms with van der Waals surface area (Å²) in [5.74, 6) is 1.12. The van der Waals surface area contributed by atoms with Crippen LogP contribution in [0.3, 0.4) is 0 Å². The van der Waals surface area contributed by atoms with Crippen LogP contribution >= 0.6 is 11.8 Å². The third-order valence-corrected chi connectivity index (χ3v) is 7.38. The second-order valence-electron chi connectivity index (χ2n) is 8.87. The number of unbranched alkanes of at least 4 members (excludes halogenated alkanes) is 1. The number of thioether (sulfide) groups is 1. The molecule has 1 aliphatic heterocycles. The normalized spacial score (nSPS) is 13.4. The zero-order chi connectivity index (χ0) is 25.9. The first-order valence-corrected chi connectivity index (χ1v) is 13.3. The quantitative estimate of drug-likeness (QED) is 0.294. The molecule has 7 nitrogen and oxygen atoms in total. The Labute approximate surface area is 219 Å². The van der Waals surface area contributed by atoms with Crippen molar-refractivity contribution in [1.29, 1.82) is 0 Å². The van der Waals surface area contributed by atoms with Gasteiger partial charge in [0.05, 0.1) is 35.1 Å². The minimum atomic E-state index is -0.370. The molecule has 1 N–H and O–H groups in total. The number of hydrogen-bond donors (Lipinski definition) is 1. The molecule has 0 bridgehead atoms. The van der Waals surface area contributed by atoms with E-state index in [-0.39, 0.29) is 11.2 Å². The van der Waals surface area contributed by atoms with Gasteiger partial charge < -0.3 is 4.74 Å². The van der Waals surface area contributed by atoms with Crippen LogP contribution in [0.1, 0.15) is 47.1 Å². The van der Waals surface area contributed by atoms with Gasteiger partial charge in [0.1, 0.15) is 5.82 Å². The van der Waals surface area contributed by atoms with Gasteiger partial charge in [-0.15, -0.1) is 0 Å². The third kappa shape index (κ3) is 4.64. The molecule has 5 rings (SSSR count). The molecule has 3 aromatic carbocycles. The van der Waals surface area contributed by atoms with Gasteiger partial charge in [-0.2, -0.15) is 5.10 Å². The van der Waals surface area contributed by atoms with Crippen LogP contribution in [-0.2, 0) is 11.2 Å². The predicted molar refractivity (Wildman–Crippen MR) is 149 cm³/mol. The van der Waals surface area contributed by atoms with Crippen LogP contribution in [0.4, 0.5) is 4.79 Å². The van der Waals surface area contributed by atoms with Crippen molar-refractivity contribution in [3.05, 3.63) is 83.2 Å². The van der Waals surface area contributed by atoms with Gasteiger partial charge in [0.25, 0.3) is 5.24 Å². The Hall–Kier alpha value is -3.91. The molecule has 4 aromatic rings. The minimum absolute atomic E-state index is 0.141. The molecule has 1 aromatic heterocycles. The molecular weight excluding hydrogens is 484 g/mol. The standard InChI is InChI=1S/C29H28N4O3S/c1-4-5-14-26-30-27-18(2)19(23-17-37-29(35)32-31-23)15-16-25(27)33(26)24-13-9-8-11-21(24)20-10-6-7-12-22(20)28(34)36-3/h6-13,15-16H,4-5,14,17H2,1-3H3,(H,32,35). The maximum absolute atomic E-state index is 12.6. The maximum atomic E-state index is 12.6. The van der Waals surface area contributed by atoms with Crippen molar-refractivity contribution >= 4 is 39.7 Å². The molecule has 0 unspecified atom stereocenters. The molecule has 8 heteroatoms. The van der Waals surface area contributed by atoms with Gasteiger partial charge in [-0.1, -0.05) is 67.6 Å². The first-order valence-electron chi connectivity index (χ1n) is 12.3. The second kappa shape index (κ2) is 10.6. The fraction of sp³-hybridized carbons (Fsp3) is 0.241. The first-order chi connectivity index (χ1) is 18.0. The topological polar surface area (TPSA) is 85.6 Å². The van der Waals surface area contributed by atoms with E-state index in [1.54, 1.807) is 6.07 Å². The Morgan fingerprint density at radius 3 is 2.54 bits per heavy atom. The number of hydrogen-bond acceptors (Lipinski definition) is 6. The number of carbonyl (C=O) groups is 2. The molecular formula is C29H28N4O3S. The number of imidazole rings is 1. The van der Waals surface area contributed by atoms with E-state index in [0.717, 1.165) is 69.8 Å². The number of fused-ring (bicyclic) bond motifs is 1. The maximum Gasteiger partial charge on any atom is 0.338 e. The SMILES string of the molecule is CCCCc1nc2c(C)c(C3=NNC(=O)SC3)ccc2n1-c1ccccc1-c1ccccc1C(=O)OC. The van der Waals surface area contributed by atoms with Gasteiger partial charge in [0, 0.05) is 23.3 Å². The van der Waals surface area contributed by atoms with Crippen LogP contribution in [0.5, 0.6) is 0 Å². The third-order valence-electron chi connectivity index (χ3n) is 6.60. The smallest absolute Gasteiger partial charge is 0.338 e. The monoisotopic (exact) mass is 512 g/mol. The van der Waals surface area contributed by atoms with Crippen LogP contribution in [-0.4, -0.2) is 39.3 Å². The van der Waals surface area contributed by atoms with E-state index >= 15 is 0 Å². The Bertz CT molecular complexity index is 1540. The van der Waals surface area contributed by atoms with Crippen molar-refractivity contribution in [2.24, 2.45) is 5.10 Å². The molecule has 0 saturated carbocycles. The lowest BCUT2D eigenvalue weighted by Crippen LogP contribution is -2.24. The van der Waals surface area contributed by atoms with Crippen LogP contribution in [0, 0.1) is 6.92 Å². The Balaban J connectivity index is 1.73. The van der Waals surface area contributed by atoms with Gasteiger partial charge in [-0.05, 0) is 42.7 Å². The van der Waals surface area contributed by atoms with Crippen molar-refractivity contribution in [3.8, 4) is 16.8 Å². The number of hydrazone groups is 1. The van der Waals surface area contributed by atoms with Crippen molar-refractivity contribution < 1.29 is 14.3 Å². The van der Waals surface area contributed by atoms with Crippen LogP contribution < -0.4 is 5.43 Å². The predicted octanol–water partition coefficient (Wildman–Crippen LogP) is 6.29. The van der Waals surface area contributed by atoms with Gasteiger partial charge in [0.2, 0.25) is 0 Å². The van der Waals surface area contributed by atoms with E-state index < -0.39 is 0 Å². The zero-order valence-corrected chi connectivity index (χ0v) is 21.9. The lowest BCUT2D eigenvalue weighted by atomic mass is 9.97. The molecule has 0 fully saturated rings. The molecule has 0 atom stereocenters. The Morgan fingerprint density at radius 2 is 1.81 bits per heavy atom. The van der Waals surface area contributed by atoms with Crippen LogP contribution in [0.15, 0.2) is 65.8 Å². The number of esters is 1. The number of nitrogens with zero attached hydrogens (tertiary/aromatic N) is 3. The van der Waals surface area contributed by atoms with E-state index in [1.807, 2.05) is 36.4 Å². The Kier molecular flexibility index (Phi) is 7.10. The van der Waals surface area contributed by atoms with Gasteiger partial charge in [-0.3, -0.25) is 9.36 Å². The van der Waals surface area contributed by atoms with Gasteiger partial charge in [0.15, 0.2) is 0 Å². The summed E-state index contributed by atoms with van der Waals surface area (Å²) >= 11 is 1.21. The van der Waals surface area contributed by atoms with Gasteiger partial charge >= 0.3 is 5.97 Å². The zero-order valence-electron chi connectivity index (χ0n) is 21.1. The number of ether oxygens (including phenoxy) is 1. The highest BCUT2D eigenvalue weighted by molar-refractivity contribution is 8.14. The fourth-order valence-corrected chi connectivity index (χ4v) is 5.36. The van der Waals surface area contributed by atoms with Crippen LogP contribution in [0.25, 0.3) is 27.8 Å². The number of nitrogens with one attached hydrogen (secondary N) is 1. The molecule has 0 spiro atoms. The average molecular weight is 513 g/mol. The highest BCUT2D eigenvalue weighted by atomic mass is 32.2. The summed E-state index contributed by atoms with van der Waals surface area (Å²) in [6.07, 6.45) is 2.87. The summed E-state index contributed by atoms with van der Waals surface area (Å²) < 4.78 is 7.28. The number of para-hydroxylation sites is 1. The van der Waals surface area contributed by atoms with E-state index in [0.29, 0.717) is 11.3 Å². The lowest BCUT2D eigenvalue weighted by Gasteiger charge is -2.17. The fourth-order valence-electron chi connectivity index (χ4n) is 4.76. The number of aryl methyl sites for hydroxylation is 2. The highest BCUT2D eigenvalue weighted by Gasteiger charge is 2.22. The average Bonchev–Trinajstić information content (AvgIpc) is 3.31. The number of methoxy groups -OCH3 is 1. The van der Waals surface area contributed by atoms with Crippen LogP contribution in [0.2, 0.25) is 0 Å². The molecule has 0 aliphatic carbocycles. The summed E-state index contributed by atoms with van der Waals surface area (Å²) in [6, 6.07) is 19.7. The van der Waals surface area contributed by atoms with E-state index in [9.17, 15) is 9.59 Å². The minimum Gasteiger partial charge on any atom is -0.465 e. The second-order valence-corrected chi connectivity index (χ2v) is 9.82. The van der Waals surface area contributed by atoms with E-state index in [4.69, 9.17) is 9.72 Å². The summed E-state index contributed by atoms with van der Waals surface area (Å²) in [5.41, 5.74) is 10.5. The number of carbonyl (C=O) groups excluding carboxylic acids is 2. The molecule has 0 radical (unpaired) electrons. The summed E-state index contributed by atoms with van der Waals surface area (Å²) in [4.78, 5) is 29.3. The van der Waals surface area contributed by atoms with E-state index in [1.165, 1.54) is 18.9 Å². The van der Waals surface area contributed by atoms with Crippen molar-refractivity contribution in [2.45, 2.75) is 33.1 Å². The lowest BCUT2D eigenvalue weighted by molar-refractivity contribution is 0.0601. The highest BCUT2D eigenvalue weighted by Crippen LogP contribution is 2.35. The molecule has 37 heavy (non-hydrogen) atoms. The number of benzene rings is 3. The number of aromatic nitrogens is 2. The summed E-state index contributed by atoms with van der Waals surface area (Å²) in [6.45, 7) is 4.23. The van der Waals surface area contributed by atoms with Gasteiger partial charge in [-0.25, -0.2) is 15.2 Å². The molecule has 188 valence electrons. The molecule has 1 amide bonds. The summed E-state index contributed by atoms with van der Waals surface area (Å²) in [7, 11) is 1.40. The largest absolute Gasteiger partial charge is 0.465 e. The van der Waals surface area contributed by atoms with Crippen molar-refractivity contribution in [3.63, 3.8) is 0 Å². The van der Waals surface area contributed by atoms with Crippen molar-refractivity contribution in [1.82, 2.24) is 15.0 Å². The number of amides is 1. The number of rotatable bonds is 7. The summed E-state index contributed by atoms with van der Waals surface area (Å²) in [5, 5.41) is 4.15. The first kappa shape index (κ1) is 24.8. The van der Waals surface area contributed by atoms with E-state index in [2.05, 4.69) is 47.1 Å². The molecule has 2 heterocycles. The molecule has 0 saturated heterocycles. The van der Waals surface area contributed by atoms with Crippen molar-refractivity contribution in [2.75, 3.05) is 12.9 Å². The molecule has 1 aliphatic rings. The Morgan fingerprint density at radius 1 is 1.05 bits per heavy atom.